The van der Waals surface area contributed by atoms with Crippen LogP contribution in [-0.2, 0) is 6.54 Å². The maximum atomic E-state index is 5.63. The molecule has 0 atom stereocenters. The van der Waals surface area contributed by atoms with Gasteiger partial charge in [0.1, 0.15) is 12.4 Å². The first kappa shape index (κ1) is 14.0. The molecule has 0 aliphatic heterocycles. The maximum Gasteiger partial charge on any atom is 0.184 e. The van der Waals surface area contributed by atoms with Crippen molar-refractivity contribution in [3.05, 3.63) is 48.5 Å². The van der Waals surface area contributed by atoms with Crippen LogP contribution < -0.4 is 15.9 Å². The third-order valence-corrected chi connectivity index (χ3v) is 2.54. The number of nitrogens with two attached hydrogens (primary N) is 1. The lowest BCUT2D eigenvalue weighted by Gasteiger charge is -2.06. The summed E-state index contributed by atoms with van der Waals surface area (Å²) in [7, 11) is 0. The number of hydrogen-bond acceptors (Lipinski definition) is 4. The van der Waals surface area contributed by atoms with E-state index in [9.17, 15) is 0 Å². The summed E-state index contributed by atoms with van der Waals surface area (Å²) in [5.74, 6) is 0.810. The smallest absolute Gasteiger partial charge is 0.184 e. The molecule has 0 spiro atoms. The second kappa shape index (κ2) is 7.25. The number of imidazole rings is 1. The van der Waals surface area contributed by atoms with Crippen LogP contribution in [0.2, 0.25) is 0 Å². The number of hydrogen-bond donors (Lipinski definition) is 2. The van der Waals surface area contributed by atoms with Crippen molar-refractivity contribution in [1.82, 2.24) is 15.0 Å². The van der Waals surface area contributed by atoms with E-state index < -0.39 is 0 Å². The van der Waals surface area contributed by atoms with Crippen molar-refractivity contribution in [2.45, 2.75) is 6.54 Å². The maximum absolute atomic E-state index is 5.63. The second-order valence-electron chi connectivity index (χ2n) is 3.95. The van der Waals surface area contributed by atoms with Crippen LogP contribution in [0.25, 0.3) is 0 Å². The standard InChI is InChI=1S/C13H15N5OS/c14-13(20)17-16-9-11-1-3-12(4-2-11)19-8-7-18-6-5-15-10-18/h1-6,9-10H,7-8H2,(H3,14,17,20). The minimum Gasteiger partial charge on any atom is -0.492 e. The van der Waals surface area contributed by atoms with E-state index in [4.69, 9.17) is 10.5 Å². The highest BCUT2D eigenvalue weighted by atomic mass is 32.1. The molecule has 0 amide bonds. The van der Waals surface area contributed by atoms with Crippen molar-refractivity contribution in [2.24, 2.45) is 10.8 Å². The first-order chi connectivity index (χ1) is 9.74. The lowest BCUT2D eigenvalue weighted by atomic mass is 10.2. The topological polar surface area (TPSA) is 77.5 Å². The Morgan fingerprint density at radius 2 is 2.25 bits per heavy atom. The average molecular weight is 289 g/mol. The predicted molar refractivity (Wildman–Crippen MR) is 81.7 cm³/mol. The van der Waals surface area contributed by atoms with Gasteiger partial charge in [0.05, 0.1) is 19.1 Å². The molecular weight excluding hydrogens is 274 g/mol. The monoisotopic (exact) mass is 289 g/mol. The van der Waals surface area contributed by atoms with Crippen molar-refractivity contribution < 1.29 is 4.74 Å². The molecule has 104 valence electrons. The van der Waals surface area contributed by atoms with E-state index in [-0.39, 0.29) is 5.11 Å². The van der Waals surface area contributed by atoms with Gasteiger partial charge in [-0.3, -0.25) is 5.43 Å². The van der Waals surface area contributed by atoms with E-state index in [0.29, 0.717) is 6.61 Å². The molecule has 0 fully saturated rings. The molecule has 0 aliphatic carbocycles. The summed E-state index contributed by atoms with van der Waals surface area (Å²) >= 11 is 4.64. The van der Waals surface area contributed by atoms with Gasteiger partial charge in [0.15, 0.2) is 5.11 Å². The van der Waals surface area contributed by atoms with Crippen molar-refractivity contribution in [1.29, 1.82) is 0 Å². The molecule has 1 heterocycles. The van der Waals surface area contributed by atoms with Crippen LogP contribution in [0.4, 0.5) is 0 Å². The fourth-order valence-electron chi connectivity index (χ4n) is 1.51. The minimum absolute atomic E-state index is 0.140. The number of ether oxygens (including phenoxy) is 1. The number of aromatic nitrogens is 2. The molecule has 0 aliphatic rings. The zero-order valence-electron chi connectivity index (χ0n) is 10.8. The van der Waals surface area contributed by atoms with Gasteiger partial charge in [-0.15, -0.1) is 0 Å². The first-order valence-corrected chi connectivity index (χ1v) is 6.42. The largest absolute Gasteiger partial charge is 0.492 e. The Morgan fingerprint density at radius 1 is 1.45 bits per heavy atom. The van der Waals surface area contributed by atoms with Crippen LogP contribution in [0, 0.1) is 0 Å². The van der Waals surface area contributed by atoms with Gasteiger partial charge in [0, 0.05) is 12.4 Å². The highest BCUT2D eigenvalue weighted by Gasteiger charge is 1.95. The molecular formula is C13H15N5OS. The summed E-state index contributed by atoms with van der Waals surface area (Å²) in [5, 5.41) is 4.01. The van der Waals surface area contributed by atoms with Crippen LogP contribution in [0.5, 0.6) is 5.75 Å². The Hall–Kier alpha value is -2.41. The van der Waals surface area contributed by atoms with Gasteiger partial charge in [-0.2, -0.15) is 5.10 Å². The van der Waals surface area contributed by atoms with E-state index in [0.717, 1.165) is 17.9 Å². The van der Waals surface area contributed by atoms with Crippen LogP contribution in [-0.4, -0.2) is 27.5 Å². The van der Waals surface area contributed by atoms with Gasteiger partial charge in [-0.25, -0.2) is 4.98 Å². The van der Waals surface area contributed by atoms with E-state index >= 15 is 0 Å². The average Bonchev–Trinajstić information content (AvgIpc) is 2.93. The highest BCUT2D eigenvalue weighted by Crippen LogP contribution is 2.11. The zero-order chi connectivity index (χ0) is 14.2. The summed E-state index contributed by atoms with van der Waals surface area (Å²) in [6.07, 6.45) is 7.04. The third-order valence-electron chi connectivity index (χ3n) is 2.45. The van der Waals surface area contributed by atoms with Gasteiger partial charge in [0.2, 0.25) is 0 Å². The zero-order valence-corrected chi connectivity index (χ0v) is 11.6. The summed E-state index contributed by atoms with van der Waals surface area (Å²) in [6, 6.07) is 7.57. The van der Waals surface area contributed by atoms with Crippen LogP contribution in [0.3, 0.4) is 0 Å². The fourth-order valence-corrected chi connectivity index (χ4v) is 1.56. The second-order valence-corrected chi connectivity index (χ2v) is 4.39. The number of rotatable bonds is 6. The summed E-state index contributed by atoms with van der Waals surface area (Å²) in [4.78, 5) is 3.97. The molecule has 3 N–H and O–H groups in total. The van der Waals surface area contributed by atoms with E-state index in [1.807, 2.05) is 35.0 Å². The summed E-state index contributed by atoms with van der Waals surface area (Å²) in [5.41, 5.74) is 8.68. The van der Waals surface area contributed by atoms with Gasteiger partial charge < -0.3 is 15.0 Å². The van der Waals surface area contributed by atoms with Crippen molar-refractivity contribution in [3.63, 3.8) is 0 Å². The van der Waals surface area contributed by atoms with Crippen LogP contribution in [0.1, 0.15) is 5.56 Å². The molecule has 2 rings (SSSR count). The molecule has 1 aromatic heterocycles. The molecule has 7 heteroatoms. The van der Waals surface area contributed by atoms with Crippen molar-refractivity contribution in [3.8, 4) is 5.75 Å². The van der Waals surface area contributed by atoms with Gasteiger partial charge in [0.25, 0.3) is 0 Å². The first-order valence-electron chi connectivity index (χ1n) is 6.01. The van der Waals surface area contributed by atoms with Gasteiger partial charge in [-0.05, 0) is 42.0 Å². The summed E-state index contributed by atoms with van der Waals surface area (Å²) < 4.78 is 7.59. The number of hydrazone groups is 1. The Morgan fingerprint density at radius 3 is 2.90 bits per heavy atom. The SMILES string of the molecule is NC(=S)NN=Cc1ccc(OCCn2ccnc2)cc1. The van der Waals surface area contributed by atoms with Crippen LogP contribution >= 0.6 is 12.2 Å². The number of thiocarbonyl (C=S) groups is 1. The molecule has 0 saturated carbocycles. The highest BCUT2D eigenvalue weighted by molar-refractivity contribution is 7.80. The molecule has 0 saturated heterocycles. The third kappa shape index (κ3) is 4.69. The Bertz CT molecular complexity index is 565. The van der Waals surface area contributed by atoms with Crippen LogP contribution in [0.15, 0.2) is 48.1 Å². The van der Waals surface area contributed by atoms with E-state index in [1.54, 1.807) is 18.7 Å². The Kier molecular flexibility index (Phi) is 5.08. The molecule has 6 nitrogen and oxygen atoms in total. The number of nitrogens with one attached hydrogen (secondary N) is 1. The Balaban J connectivity index is 1.79. The molecule has 1 aromatic carbocycles. The molecule has 2 aromatic rings. The van der Waals surface area contributed by atoms with E-state index in [1.165, 1.54) is 0 Å². The molecule has 0 radical (unpaired) electrons. The summed E-state index contributed by atoms with van der Waals surface area (Å²) in [6.45, 7) is 1.36. The quantitative estimate of drug-likeness (QED) is 0.473. The number of nitrogens with zero attached hydrogens (tertiary/aromatic N) is 3. The molecule has 0 bridgehead atoms. The minimum atomic E-state index is 0.140. The Labute approximate surface area is 122 Å². The lowest BCUT2D eigenvalue weighted by molar-refractivity contribution is 0.298. The van der Waals surface area contributed by atoms with Crippen molar-refractivity contribution >= 4 is 23.5 Å². The van der Waals surface area contributed by atoms with E-state index in [2.05, 4.69) is 27.7 Å². The normalized spacial score (nSPS) is 10.6. The van der Waals surface area contributed by atoms with Gasteiger partial charge in [-0.1, -0.05) is 0 Å². The van der Waals surface area contributed by atoms with Gasteiger partial charge >= 0.3 is 0 Å². The lowest BCUT2D eigenvalue weighted by Crippen LogP contribution is -2.23. The molecule has 20 heavy (non-hydrogen) atoms. The predicted octanol–water partition coefficient (Wildman–Crippen LogP) is 1.13. The number of benzene rings is 1. The van der Waals surface area contributed by atoms with Crippen molar-refractivity contribution in [2.75, 3.05) is 6.61 Å². The molecule has 0 unspecified atom stereocenters. The fraction of sp³-hybridized carbons (Fsp3) is 0.154.